The first-order valence-electron chi connectivity index (χ1n) is 4.70. The molecule has 0 fully saturated rings. The van der Waals surface area contributed by atoms with E-state index in [9.17, 15) is 0 Å². The number of likely N-dealkylation sites (N-methyl/N-ethyl adjacent to an activating group) is 2. The van der Waals surface area contributed by atoms with E-state index in [1.165, 1.54) is 11.1 Å². The summed E-state index contributed by atoms with van der Waals surface area (Å²) in [5.41, 5.74) is 2.64. The van der Waals surface area contributed by atoms with E-state index in [-0.39, 0.29) is 6.17 Å². The van der Waals surface area contributed by atoms with Gasteiger partial charge in [0.05, 0.1) is 0 Å². The number of nitrogens with zero attached hydrogens (tertiary/aromatic N) is 2. The average Bonchev–Trinajstić information content (AvgIpc) is 2.17. The van der Waals surface area contributed by atoms with Gasteiger partial charge in [0, 0.05) is 20.0 Å². The molecule has 0 saturated carbocycles. The molecule has 0 bridgehead atoms. The van der Waals surface area contributed by atoms with Crippen LogP contribution in [0.3, 0.4) is 0 Å². The van der Waals surface area contributed by atoms with Crippen molar-refractivity contribution in [2.45, 2.75) is 12.6 Å². The molecule has 0 spiro atoms. The molecule has 2 heterocycles. The van der Waals surface area contributed by atoms with Crippen molar-refractivity contribution >= 4 is 16.8 Å². The van der Waals surface area contributed by atoms with Crippen LogP contribution in [0.4, 0.5) is 0 Å². The molecule has 4 heteroatoms. The van der Waals surface area contributed by atoms with Crippen LogP contribution in [-0.2, 0) is 0 Å². The van der Waals surface area contributed by atoms with Gasteiger partial charge in [-0.1, -0.05) is 11.6 Å². The van der Waals surface area contributed by atoms with Crippen LogP contribution in [-0.4, -0.2) is 36.9 Å². The summed E-state index contributed by atoms with van der Waals surface area (Å²) < 4.78 is 0. The van der Waals surface area contributed by atoms with Crippen molar-refractivity contribution in [2.24, 2.45) is 4.99 Å². The molecule has 0 aromatic rings. The van der Waals surface area contributed by atoms with E-state index in [0.717, 1.165) is 13.0 Å². The summed E-state index contributed by atoms with van der Waals surface area (Å²) in [6, 6.07) is 0. The third kappa shape index (κ3) is 1.70. The lowest BCUT2D eigenvalue weighted by atomic mass is 9.97. The molecule has 1 unspecified atom stereocenters. The minimum absolute atomic E-state index is 0.0543. The number of halogens is 1. The maximum absolute atomic E-state index is 5.97. The number of nitrogens with one attached hydrogen (secondary N) is 1. The quantitative estimate of drug-likeness (QED) is 0.709. The maximum Gasteiger partial charge on any atom is 0.124 e. The zero-order valence-electron chi connectivity index (χ0n) is 8.42. The van der Waals surface area contributed by atoms with Crippen molar-refractivity contribution in [1.82, 2.24) is 10.2 Å². The van der Waals surface area contributed by atoms with Crippen molar-refractivity contribution in [3.63, 3.8) is 0 Å². The van der Waals surface area contributed by atoms with Crippen molar-refractivity contribution < 1.29 is 0 Å². The molecule has 0 aromatic heterocycles. The molecular formula is C10H14ClN3. The van der Waals surface area contributed by atoms with Gasteiger partial charge < -0.3 is 4.90 Å². The van der Waals surface area contributed by atoms with Crippen molar-refractivity contribution in [3.05, 3.63) is 23.4 Å². The second-order valence-electron chi connectivity index (χ2n) is 3.65. The Hall–Kier alpha value is -0.800. The van der Waals surface area contributed by atoms with Crippen LogP contribution in [0, 0.1) is 0 Å². The van der Waals surface area contributed by atoms with Gasteiger partial charge in [0.25, 0.3) is 0 Å². The fourth-order valence-corrected chi connectivity index (χ4v) is 2.08. The van der Waals surface area contributed by atoms with E-state index in [0.29, 0.717) is 5.17 Å². The predicted octanol–water partition coefficient (Wildman–Crippen LogP) is 1.33. The van der Waals surface area contributed by atoms with Crippen LogP contribution in [0.2, 0.25) is 0 Å². The third-order valence-corrected chi connectivity index (χ3v) is 2.80. The fraction of sp³-hybridized carbons (Fsp3) is 0.500. The maximum atomic E-state index is 5.97. The van der Waals surface area contributed by atoms with Gasteiger partial charge in [0.2, 0.25) is 0 Å². The summed E-state index contributed by atoms with van der Waals surface area (Å²) in [7, 11) is 3.97. The highest BCUT2D eigenvalue weighted by molar-refractivity contribution is 6.65. The zero-order chi connectivity index (χ0) is 10.1. The first-order valence-corrected chi connectivity index (χ1v) is 5.08. The van der Waals surface area contributed by atoms with Gasteiger partial charge in [0.1, 0.15) is 11.3 Å². The van der Waals surface area contributed by atoms with E-state index in [1.54, 1.807) is 0 Å². The molecule has 76 valence electrons. The Morgan fingerprint density at radius 3 is 3.14 bits per heavy atom. The lowest BCUT2D eigenvalue weighted by Crippen LogP contribution is -2.36. The number of aliphatic imine (C=N–C) groups is 1. The fourth-order valence-electron chi connectivity index (χ4n) is 1.84. The second-order valence-corrected chi connectivity index (χ2v) is 4.09. The number of rotatable bonds is 1. The van der Waals surface area contributed by atoms with Crippen LogP contribution in [0.15, 0.2) is 28.4 Å². The van der Waals surface area contributed by atoms with Crippen LogP contribution in [0.1, 0.15) is 6.42 Å². The number of allylic oxidation sites excluding steroid dienone is 2. The molecule has 1 atom stereocenters. The van der Waals surface area contributed by atoms with E-state index >= 15 is 0 Å². The summed E-state index contributed by atoms with van der Waals surface area (Å²) in [5, 5.41) is 3.86. The molecule has 2 aliphatic rings. The number of hydrogen-bond donors (Lipinski definition) is 1. The van der Waals surface area contributed by atoms with E-state index in [4.69, 9.17) is 11.6 Å². The van der Waals surface area contributed by atoms with Gasteiger partial charge in [0.15, 0.2) is 0 Å². The summed E-state index contributed by atoms with van der Waals surface area (Å²) in [6.45, 7) is 0.936. The molecule has 1 N–H and O–H groups in total. The van der Waals surface area contributed by atoms with Crippen molar-refractivity contribution in [3.8, 4) is 0 Å². The predicted molar refractivity (Wildman–Crippen MR) is 59.5 cm³/mol. The Morgan fingerprint density at radius 2 is 2.43 bits per heavy atom. The van der Waals surface area contributed by atoms with Gasteiger partial charge in [-0.2, -0.15) is 0 Å². The van der Waals surface area contributed by atoms with Crippen LogP contribution < -0.4 is 5.32 Å². The molecule has 14 heavy (non-hydrogen) atoms. The monoisotopic (exact) mass is 211 g/mol. The van der Waals surface area contributed by atoms with Crippen LogP contribution >= 0.6 is 11.6 Å². The smallest absolute Gasteiger partial charge is 0.124 e. The Kier molecular flexibility index (Phi) is 2.61. The summed E-state index contributed by atoms with van der Waals surface area (Å²) in [6.07, 6.45) is 5.04. The zero-order valence-corrected chi connectivity index (χ0v) is 9.17. The Bertz CT molecular complexity index is 330. The highest BCUT2D eigenvalue weighted by Crippen LogP contribution is 2.26. The SMILES string of the molecule is CNC1N=C(Cl)CC2=C1CN(C)C=C2. The van der Waals surface area contributed by atoms with E-state index in [2.05, 4.69) is 34.5 Å². The summed E-state index contributed by atoms with van der Waals surface area (Å²) in [4.78, 5) is 6.52. The second kappa shape index (κ2) is 3.75. The van der Waals surface area contributed by atoms with Gasteiger partial charge >= 0.3 is 0 Å². The minimum atomic E-state index is 0.0543. The minimum Gasteiger partial charge on any atom is -0.376 e. The first kappa shape index (κ1) is 9.74. The largest absolute Gasteiger partial charge is 0.376 e. The topological polar surface area (TPSA) is 27.6 Å². The molecule has 0 aromatic carbocycles. The van der Waals surface area contributed by atoms with Crippen LogP contribution in [0.5, 0.6) is 0 Å². The summed E-state index contributed by atoms with van der Waals surface area (Å²) >= 11 is 5.97. The standard InChI is InChI=1S/C10H14ClN3/c1-12-10-8-6-14(2)4-3-7(8)5-9(11)13-10/h3-4,10,12H,5-6H2,1-2H3. The Morgan fingerprint density at radius 1 is 1.64 bits per heavy atom. The van der Waals surface area contributed by atoms with Crippen molar-refractivity contribution in [1.29, 1.82) is 0 Å². The lowest BCUT2D eigenvalue weighted by Gasteiger charge is -2.30. The number of hydrogen-bond acceptors (Lipinski definition) is 3. The van der Waals surface area contributed by atoms with E-state index in [1.807, 2.05) is 7.05 Å². The first-order chi connectivity index (χ1) is 6.70. The molecular weight excluding hydrogens is 198 g/mol. The van der Waals surface area contributed by atoms with Crippen molar-refractivity contribution in [2.75, 3.05) is 20.6 Å². The molecule has 2 rings (SSSR count). The normalized spacial score (nSPS) is 26.4. The third-order valence-electron chi connectivity index (χ3n) is 2.57. The van der Waals surface area contributed by atoms with Gasteiger partial charge in [-0.15, -0.1) is 0 Å². The van der Waals surface area contributed by atoms with Gasteiger partial charge in [-0.05, 0) is 30.5 Å². The molecule has 3 nitrogen and oxygen atoms in total. The average molecular weight is 212 g/mol. The molecule has 0 amide bonds. The highest BCUT2D eigenvalue weighted by Gasteiger charge is 2.23. The lowest BCUT2D eigenvalue weighted by molar-refractivity contribution is 0.457. The Labute approximate surface area is 89.1 Å². The molecule has 2 aliphatic heterocycles. The van der Waals surface area contributed by atoms with E-state index < -0.39 is 0 Å². The highest BCUT2D eigenvalue weighted by atomic mass is 35.5. The van der Waals surface area contributed by atoms with Gasteiger partial charge in [-0.3, -0.25) is 10.3 Å². The van der Waals surface area contributed by atoms with Gasteiger partial charge in [-0.25, -0.2) is 0 Å². The van der Waals surface area contributed by atoms with Crippen LogP contribution in [0.25, 0.3) is 0 Å². The molecule has 0 saturated heterocycles. The number of dihydropyridines is 1. The summed E-state index contributed by atoms with van der Waals surface area (Å²) in [5.74, 6) is 0. The molecule has 0 aliphatic carbocycles. The molecule has 0 radical (unpaired) electrons. The Balaban J connectivity index is 2.29.